The lowest BCUT2D eigenvalue weighted by Gasteiger charge is -2.15. The van der Waals surface area contributed by atoms with Crippen LogP contribution in [0.5, 0.6) is 0 Å². The molecule has 4 heteroatoms. The van der Waals surface area contributed by atoms with Crippen LogP contribution in [0.2, 0.25) is 0 Å². The van der Waals surface area contributed by atoms with Crippen molar-refractivity contribution in [2.45, 2.75) is 33.2 Å². The van der Waals surface area contributed by atoms with Crippen molar-refractivity contribution < 1.29 is 4.79 Å². The van der Waals surface area contributed by atoms with Crippen LogP contribution in [-0.2, 0) is 6.42 Å². The standard InChI is InChI=1S/C10H17N3O/c1-4-8-5-6-9(10(14)12-11)13(8)7(2)3/h5-7H,4,11H2,1-3H3,(H,12,14). The first-order valence-electron chi connectivity index (χ1n) is 4.82. The Bertz CT molecular complexity index is 328. The van der Waals surface area contributed by atoms with Gasteiger partial charge in [-0.1, -0.05) is 6.92 Å². The van der Waals surface area contributed by atoms with Crippen LogP contribution in [-0.4, -0.2) is 10.5 Å². The van der Waals surface area contributed by atoms with Gasteiger partial charge in [0, 0.05) is 11.7 Å². The molecule has 0 aliphatic carbocycles. The minimum Gasteiger partial charge on any atom is -0.338 e. The Balaban J connectivity index is 3.17. The van der Waals surface area contributed by atoms with Crippen molar-refractivity contribution >= 4 is 5.91 Å². The summed E-state index contributed by atoms with van der Waals surface area (Å²) in [6, 6.07) is 4.04. The molecular weight excluding hydrogens is 178 g/mol. The van der Waals surface area contributed by atoms with Crippen molar-refractivity contribution in [3.8, 4) is 0 Å². The molecule has 0 aliphatic heterocycles. The zero-order valence-electron chi connectivity index (χ0n) is 8.87. The topological polar surface area (TPSA) is 60.1 Å². The van der Waals surface area contributed by atoms with E-state index < -0.39 is 0 Å². The van der Waals surface area contributed by atoms with E-state index in [-0.39, 0.29) is 11.9 Å². The molecule has 0 saturated heterocycles. The van der Waals surface area contributed by atoms with E-state index in [0.29, 0.717) is 5.69 Å². The second-order valence-corrected chi connectivity index (χ2v) is 3.50. The molecule has 0 radical (unpaired) electrons. The summed E-state index contributed by atoms with van der Waals surface area (Å²) in [5.41, 5.74) is 3.93. The maximum atomic E-state index is 11.4. The van der Waals surface area contributed by atoms with Crippen LogP contribution in [0.15, 0.2) is 12.1 Å². The largest absolute Gasteiger partial charge is 0.338 e. The third kappa shape index (κ3) is 1.80. The van der Waals surface area contributed by atoms with E-state index in [2.05, 4.69) is 12.3 Å². The van der Waals surface area contributed by atoms with E-state index in [9.17, 15) is 4.79 Å². The van der Waals surface area contributed by atoms with Crippen LogP contribution < -0.4 is 11.3 Å². The quantitative estimate of drug-likeness (QED) is 0.433. The number of hydrazine groups is 1. The highest BCUT2D eigenvalue weighted by Crippen LogP contribution is 2.16. The number of nitrogens with zero attached hydrogens (tertiary/aromatic N) is 1. The number of hydrogen-bond donors (Lipinski definition) is 2. The number of aryl methyl sites for hydroxylation is 1. The van der Waals surface area contributed by atoms with Crippen LogP contribution in [0, 0.1) is 0 Å². The number of carbonyl (C=O) groups is 1. The molecule has 0 spiro atoms. The fraction of sp³-hybridized carbons (Fsp3) is 0.500. The van der Waals surface area contributed by atoms with Gasteiger partial charge in [0.1, 0.15) is 5.69 Å². The van der Waals surface area contributed by atoms with Crippen molar-refractivity contribution in [1.82, 2.24) is 9.99 Å². The fourth-order valence-corrected chi connectivity index (χ4v) is 1.65. The number of amides is 1. The molecule has 1 aromatic heterocycles. The van der Waals surface area contributed by atoms with Gasteiger partial charge >= 0.3 is 0 Å². The minimum absolute atomic E-state index is 0.238. The fourth-order valence-electron chi connectivity index (χ4n) is 1.65. The first-order chi connectivity index (χ1) is 6.61. The molecule has 78 valence electrons. The second kappa shape index (κ2) is 4.28. The average molecular weight is 195 g/mol. The third-order valence-electron chi connectivity index (χ3n) is 2.24. The summed E-state index contributed by atoms with van der Waals surface area (Å²) in [6.07, 6.45) is 0.913. The van der Waals surface area contributed by atoms with Gasteiger partial charge in [-0.05, 0) is 32.4 Å². The number of nitrogen functional groups attached to an aromatic ring is 1. The van der Waals surface area contributed by atoms with Gasteiger partial charge in [-0.3, -0.25) is 10.2 Å². The maximum Gasteiger partial charge on any atom is 0.281 e. The molecule has 0 saturated carbocycles. The normalized spacial score (nSPS) is 10.6. The summed E-state index contributed by atoms with van der Waals surface area (Å²) in [6.45, 7) is 6.16. The van der Waals surface area contributed by atoms with E-state index >= 15 is 0 Å². The molecular formula is C10H17N3O. The van der Waals surface area contributed by atoms with Crippen molar-refractivity contribution in [1.29, 1.82) is 0 Å². The lowest BCUT2D eigenvalue weighted by Crippen LogP contribution is -2.32. The molecule has 4 nitrogen and oxygen atoms in total. The summed E-state index contributed by atoms with van der Waals surface area (Å²) in [7, 11) is 0. The molecule has 0 aliphatic rings. The molecule has 1 aromatic rings. The van der Waals surface area contributed by atoms with E-state index in [1.807, 2.05) is 24.5 Å². The Labute approximate surface area is 84.1 Å². The zero-order valence-corrected chi connectivity index (χ0v) is 8.87. The van der Waals surface area contributed by atoms with E-state index in [1.54, 1.807) is 6.07 Å². The predicted molar refractivity (Wildman–Crippen MR) is 55.8 cm³/mol. The summed E-state index contributed by atoms with van der Waals surface area (Å²) in [4.78, 5) is 11.4. The monoisotopic (exact) mass is 195 g/mol. The molecule has 1 rings (SSSR count). The van der Waals surface area contributed by atoms with Gasteiger partial charge in [-0.2, -0.15) is 0 Å². The number of aromatic nitrogens is 1. The lowest BCUT2D eigenvalue weighted by molar-refractivity contribution is 0.0942. The van der Waals surface area contributed by atoms with Crippen molar-refractivity contribution in [3.05, 3.63) is 23.5 Å². The summed E-state index contributed by atoms with van der Waals surface area (Å²) >= 11 is 0. The van der Waals surface area contributed by atoms with Crippen LogP contribution >= 0.6 is 0 Å². The first kappa shape index (κ1) is 10.8. The van der Waals surface area contributed by atoms with Gasteiger partial charge in [0.2, 0.25) is 0 Å². The molecule has 1 amide bonds. The highest BCUT2D eigenvalue weighted by molar-refractivity contribution is 5.92. The number of nitrogens with two attached hydrogens (primary N) is 1. The summed E-state index contributed by atoms with van der Waals surface area (Å²) in [5.74, 6) is 4.87. The Morgan fingerprint density at radius 3 is 2.64 bits per heavy atom. The molecule has 0 aromatic carbocycles. The van der Waals surface area contributed by atoms with E-state index in [0.717, 1.165) is 12.1 Å². The number of hydrogen-bond acceptors (Lipinski definition) is 2. The summed E-state index contributed by atoms with van der Waals surface area (Å²) in [5, 5.41) is 0. The van der Waals surface area contributed by atoms with Gasteiger partial charge in [-0.15, -0.1) is 0 Å². The Morgan fingerprint density at radius 2 is 2.21 bits per heavy atom. The van der Waals surface area contributed by atoms with Crippen molar-refractivity contribution in [2.75, 3.05) is 0 Å². The minimum atomic E-state index is -0.238. The number of rotatable bonds is 3. The molecule has 0 atom stereocenters. The number of nitrogens with one attached hydrogen (secondary N) is 1. The van der Waals surface area contributed by atoms with E-state index in [4.69, 9.17) is 5.84 Å². The Kier molecular flexibility index (Phi) is 3.30. The molecule has 0 unspecified atom stereocenters. The Hall–Kier alpha value is -1.29. The van der Waals surface area contributed by atoms with Gasteiger partial charge in [0.15, 0.2) is 0 Å². The van der Waals surface area contributed by atoms with Crippen LogP contribution in [0.25, 0.3) is 0 Å². The van der Waals surface area contributed by atoms with Gasteiger partial charge in [-0.25, -0.2) is 5.84 Å². The molecule has 3 N–H and O–H groups in total. The van der Waals surface area contributed by atoms with Crippen LogP contribution in [0.4, 0.5) is 0 Å². The molecule has 1 heterocycles. The SMILES string of the molecule is CCc1ccc(C(=O)NN)n1C(C)C. The number of carbonyl (C=O) groups excluding carboxylic acids is 1. The average Bonchev–Trinajstić information content (AvgIpc) is 2.59. The smallest absolute Gasteiger partial charge is 0.281 e. The highest BCUT2D eigenvalue weighted by Gasteiger charge is 2.14. The first-order valence-corrected chi connectivity index (χ1v) is 4.82. The Morgan fingerprint density at radius 1 is 1.57 bits per heavy atom. The summed E-state index contributed by atoms with van der Waals surface area (Å²) < 4.78 is 2.00. The maximum absolute atomic E-state index is 11.4. The van der Waals surface area contributed by atoms with Gasteiger partial charge in [0.25, 0.3) is 5.91 Å². The van der Waals surface area contributed by atoms with Gasteiger partial charge < -0.3 is 4.57 Å². The van der Waals surface area contributed by atoms with Crippen LogP contribution in [0.1, 0.15) is 43.0 Å². The van der Waals surface area contributed by atoms with Crippen molar-refractivity contribution in [2.24, 2.45) is 5.84 Å². The van der Waals surface area contributed by atoms with Gasteiger partial charge in [0.05, 0.1) is 0 Å². The zero-order chi connectivity index (χ0) is 10.7. The second-order valence-electron chi connectivity index (χ2n) is 3.50. The highest BCUT2D eigenvalue weighted by atomic mass is 16.2. The predicted octanol–water partition coefficient (Wildman–Crippen LogP) is 1.23. The molecule has 0 fully saturated rings. The lowest BCUT2D eigenvalue weighted by atomic mass is 10.3. The van der Waals surface area contributed by atoms with Crippen LogP contribution in [0.3, 0.4) is 0 Å². The van der Waals surface area contributed by atoms with E-state index in [1.165, 1.54) is 0 Å². The van der Waals surface area contributed by atoms with Crippen molar-refractivity contribution in [3.63, 3.8) is 0 Å². The molecule has 14 heavy (non-hydrogen) atoms. The third-order valence-corrected chi connectivity index (χ3v) is 2.24. The molecule has 0 bridgehead atoms.